The van der Waals surface area contributed by atoms with Crippen LogP contribution in [0.3, 0.4) is 0 Å². The number of halogens is 1. The SMILES string of the molecule is CC(=O)O.OCCNCCc1ccc2c(c1)sc1ncnc(Nc3ccc(OCc4ccccn4)c(Cl)c3)c12. The molecule has 0 radical (unpaired) electrons. The first-order valence-electron chi connectivity index (χ1n) is 12.2. The molecular weight excluding hydrogens is 538 g/mol. The van der Waals surface area contributed by atoms with Gasteiger partial charge in [0.15, 0.2) is 0 Å². The van der Waals surface area contributed by atoms with E-state index in [1.165, 1.54) is 10.3 Å². The van der Waals surface area contributed by atoms with Gasteiger partial charge in [-0.1, -0.05) is 29.8 Å². The summed E-state index contributed by atoms with van der Waals surface area (Å²) in [4.78, 5) is 23.2. The number of hydrogen-bond acceptors (Lipinski definition) is 9. The summed E-state index contributed by atoms with van der Waals surface area (Å²) in [5.74, 6) is 0.495. The highest BCUT2D eigenvalue weighted by atomic mass is 35.5. The average molecular weight is 566 g/mol. The van der Waals surface area contributed by atoms with E-state index in [2.05, 4.69) is 43.8 Å². The molecule has 2 aromatic carbocycles. The topological polar surface area (TPSA) is 129 Å². The second-order valence-corrected chi connectivity index (χ2v) is 9.90. The van der Waals surface area contributed by atoms with E-state index in [0.717, 1.165) is 52.7 Å². The zero-order chi connectivity index (χ0) is 27.6. The highest BCUT2D eigenvalue weighted by Crippen LogP contribution is 2.38. The molecule has 11 heteroatoms. The number of ether oxygens (including phenoxy) is 1. The van der Waals surface area contributed by atoms with E-state index in [0.29, 0.717) is 23.9 Å². The third kappa shape index (κ3) is 7.84. The number of aliphatic hydroxyl groups is 1. The lowest BCUT2D eigenvalue weighted by atomic mass is 10.1. The molecular formula is C28H28ClN5O4S. The van der Waals surface area contributed by atoms with Gasteiger partial charge in [-0.15, -0.1) is 11.3 Å². The third-order valence-corrected chi connectivity index (χ3v) is 6.87. The molecule has 0 aliphatic rings. The summed E-state index contributed by atoms with van der Waals surface area (Å²) in [6, 6.07) is 17.8. The van der Waals surface area contributed by atoms with E-state index in [1.807, 2.05) is 36.4 Å². The van der Waals surface area contributed by atoms with E-state index in [-0.39, 0.29) is 6.61 Å². The maximum Gasteiger partial charge on any atom is 0.300 e. The van der Waals surface area contributed by atoms with Crippen LogP contribution in [0, 0.1) is 0 Å². The molecule has 0 bridgehead atoms. The van der Waals surface area contributed by atoms with E-state index in [4.69, 9.17) is 31.3 Å². The van der Waals surface area contributed by atoms with Crippen LogP contribution < -0.4 is 15.4 Å². The lowest BCUT2D eigenvalue weighted by Gasteiger charge is -2.11. The smallest absolute Gasteiger partial charge is 0.300 e. The summed E-state index contributed by atoms with van der Waals surface area (Å²) in [6.07, 6.45) is 4.21. The number of aliphatic carboxylic acids is 1. The van der Waals surface area contributed by atoms with E-state index in [9.17, 15) is 0 Å². The third-order valence-electron chi connectivity index (χ3n) is 5.51. The number of carboxylic acid groups (broad SMARTS) is 1. The summed E-state index contributed by atoms with van der Waals surface area (Å²) >= 11 is 8.15. The molecule has 0 spiro atoms. The van der Waals surface area contributed by atoms with Crippen molar-refractivity contribution in [3.05, 3.63) is 83.4 Å². The first kappa shape index (κ1) is 28.2. The zero-order valence-electron chi connectivity index (χ0n) is 21.2. The maximum atomic E-state index is 9.00. The van der Waals surface area contributed by atoms with Crippen LogP contribution in [0.15, 0.2) is 67.1 Å². The Labute approximate surface area is 234 Å². The first-order chi connectivity index (χ1) is 18.9. The van der Waals surface area contributed by atoms with Crippen LogP contribution in [0.2, 0.25) is 5.02 Å². The van der Waals surface area contributed by atoms with Crippen molar-refractivity contribution in [2.24, 2.45) is 0 Å². The molecule has 4 N–H and O–H groups in total. The number of carboxylic acids is 1. The van der Waals surface area contributed by atoms with Crippen molar-refractivity contribution in [1.82, 2.24) is 20.3 Å². The molecule has 0 fully saturated rings. The molecule has 5 rings (SSSR count). The normalized spacial score (nSPS) is 10.7. The number of anilines is 2. The van der Waals surface area contributed by atoms with E-state index < -0.39 is 5.97 Å². The van der Waals surface area contributed by atoms with Gasteiger partial charge in [0.2, 0.25) is 0 Å². The summed E-state index contributed by atoms with van der Waals surface area (Å²) in [5, 5.41) is 25.6. The maximum absolute atomic E-state index is 9.00. The molecule has 3 aromatic heterocycles. The standard InChI is InChI=1S/C26H24ClN5O2S.C2H4O2/c27-21-14-18(5-7-22(21)34-15-19-3-1-2-9-29-19)32-25-24-20-6-4-17(8-10-28-11-12-33)13-23(20)35-26(24)31-16-30-25;1-2(3)4/h1-7,9,13-14,16,28,33H,8,10-12,15H2,(H,30,31,32);1H3,(H,3,4). The van der Waals surface area contributed by atoms with Crippen molar-refractivity contribution < 1.29 is 19.7 Å². The minimum Gasteiger partial charge on any atom is -0.486 e. The quantitative estimate of drug-likeness (QED) is 0.164. The van der Waals surface area contributed by atoms with Gasteiger partial charge in [0.25, 0.3) is 5.97 Å². The molecule has 0 aliphatic heterocycles. The number of nitrogens with zero attached hydrogens (tertiary/aromatic N) is 3. The number of fused-ring (bicyclic) bond motifs is 3. The van der Waals surface area contributed by atoms with Gasteiger partial charge >= 0.3 is 0 Å². The highest BCUT2D eigenvalue weighted by molar-refractivity contribution is 7.25. The molecule has 39 heavy (non-hydrogen) atoms. The molecule has 3 heterocycles. The number of benzene rings is 2. The van der Waals surface area contributed by atoms with Gasteiger partial charge in [-0.25, -0.2) is 9.97 Å². The van der Waals surface area contributed by atoms with Crippen LogP contribution in [0.5, 0.6) is 5.75 Å². The number of aliphatic hydroxyl groups excluding tert-OH is 1. The highest BCUT2D eigenvalue weighted by Gasteiger charge is 2.13. The second kappa shape index (κ2) is 13.8. The lowest BCUT2D eigenvalue weighted by molar-refractivity contribution is -0.134. The second-order valence-electron chi connectivity index (χ2n) is 8.46. The average Bonchev–Trinajstić information content (AvgIpc) is 3.30. The van der Waals surface area contributed by atoms with Crippen molar-refractivity contribution in [3.63, 3.8) is 0 Å². The van der Waals surface area contributed by atoms with Crippen LogP contribution >= 0.6 is 22.9 Å². The Hall–Kier alpha value is -3.83. The first-order valence-corrected chi connectivity index (χ1v) is 13.4. The number of thiophene rings is 1. The van der Waals surface area contributed by atoms with Gasteiger partial charge < -0.3 is 25.6 Å². The number of nitrogens with one attached hydrogen (secondary N) is 2. The van der Waals surface area contributed by atoms with Crippen LogP contribution in [0.25, 0.3) is 20.3 Å². The Bertz CT molecular complexity index is 1540. The largest absolute Gasteiger partial charge is 0.486 e. The van der Waals surface area contributed by atoms with Crippen LogP contribution in [-0.2, 0) is 17.8 Å². The summed E-state index contributed by atoms with van der Waals surface area (Å²) in [5.41, 5.74) is 2.89. The molecule has 5 aromatic rings. The van der Waals surface area contributed by atoms with Gasteiger partial charge in [0, 0.05) is 35.4 Å². The van der Waals surface area contributed by atoms with Crippen molar-refractivity contribution >= 4 is 60.7 Å². The zero-order valence-corrected chi connectivity index (χ0v) is 22.8. The Morgan fingerprint density at radius 2 is 1.92 bits per heavy atom. The van der Waals surface area contributed by atoms with Crippen molar-refractivity contribution in [2.45, 2.75) is 20.0 Å². The monoisotopic (exact) mass is 565 g/mol. The minimum atomic E-state index is -0.833. The summed E-state index contributed by atoms with van der Waals surface area (Å²) in [7, 11) is 0. The van der Waals surface area contributed by atoms with Gasteiger partial charge in [-0.2, -0.15) is 0 Å². The molecule has 0 saturated heterocycles. The van der Waals surface area contributed by atoms with Gasteiger partial charge in [0.05, 0.1) is 22.7 Å². The van der Waals surface area contributed by atoms with Crippen LogP contribution in [-0.4, -0.2) is 50.8 Å². The van der Waals surface area contributed by atoms with Crippen molar-refractivity contribution in [1.29, 1.82) is 0 Å². The number of rotatable bonds is 10. The van der Waals surface area contributed by atoms with Crippen LogP contribution in [0.4, 0.5) is 11.5 Å². The van der Waals surface area contributed by atoms with Gasteiger partial charge in [-0.3, -0.25) is 9.78 Å². The van der Waals surface area contributed by atoms with Crippen molar-refractivity contribution in [2.75, 3.05) is 25.0 Å². The Balaban J connectivity index is 0.000000826. The Morgan fingerprint density at radius 1 is 1.08 bits per heavy atom. The Morgan fingerprint density at radius 3 is 2.67 bits per heavy atom. The fourth-order valence-corrected chi connectivity index (χ4v) is 5.15. The lowest BCUT2D eigenvalue weighted by Crippen LogP contribution is -2.20. The summed E-state index contributed by atoms with van der Waals surface area (Å²) < 4.78 is 7.00. The predicted octanol–water partition coefficient (Wildman–Crippen LogP) is 5.43. The fourth-order valence-electron chi connectivity index (χ4n) is 3.81. The molecule has 0 unspecified atom stereocenters. The molecule has 0 aliphatic carbocycles. The Kier molecular flexibility index (Phi) is 9.98. The van der Waals surface area contributed by atoms with Crippen LogP contribution in [0.1, 0.15) is 18.2 Å². The number of pyridine rings is 1. The molecule has 0 atom stereocenters. The van der Waals surface area contributed by atoms with E-state index >= 15 is 0 Å². The number of hydrogen-bond donors (Lipinski definition) is 4. The minimum absolute atomic E-state index is 0.149. The molecule has 9 nitrogen and oxygen atoms in total. The predicted molar refractivity (Wildman–Crippen MR) is 155 cm³/mol. The summed E-state index contributed by atoms with van der Waals surface area (Å²) in [6.45, 7) is 3.01. The number of carbonyl (C=O) groups is 1. The van der Waals surface area contributed by atoms with E-state index in [1.54, 1.807) is 23.9 Å². The van der Waals surface area contributed by atoms with Crippen molar-refractivity contribution in [3.8, 4) is 5.75 Å². The molecule has 202 valence electrons. The fraction of sp³-hybridized carbons (Fsp3) is 0.214. The van der Waals surface area contributed by atoms with Gasteiger partial charge in [0.1, 0.15) is 29.3 Å². The van der Waals surface area contributed by atoms with Gasteiger partial charge in [-0.05, 0) is 54.9 Å². The molecule has 0 amide bonds. The molecule has 0 saturated carbocycles. The number of aromatic nitrogens is 3.